The third-order valence-corrected chi connectivity index (χ3v) is 8.72. The summed E-state index contributed by atoms with van der Waals surface area (Å²) in [6.45, 7) is 4.30. The molecule has 0 bridgehead atoms. The summed E-state index contributed by atoms with van der Waals surface area (Å²) in [4.78, 5) is 34.8. The van der Waals surface area contributed by atoms with Crippen LogP contribution in [0.2, 0.25) is 0 Å². The number of thioether (sulfide) groups is 1. The first-order valence-electron chi connectivity index (χ1n) is 10.5. The van der Waals surface area contributed by atoms with Gasteiger partial charge in [-0.15, -0.1) is 11.3 Å². The maximum atomic E-state index is 13.0. The number of aryl methyl sites for hydroxylation is 2. The third-order valence-electron chi connectivity index (χ3n) is 6.49. The van der Waals surface area contributed by atoms with E-state index in [2.05, 4.69) is 30.9 Å². The van der Waals surface area contributed by atoms with E-state index in [9.17, 15) is 9.59 Å². The number of hydrogen-bond donors (Lipinski definition) is 0. The van der Waals surface area contributed by atoms with Gasteiger partial charge in [0, 0.05) is 41.8 Å². The van der Waals surface area contributed by atoms with E-state index in [1.807, 2.05) is 19.2 Å². The molecule has 0 saturated carbocycles. The average Bonchev–Trinajstić information content (AvgIpc) is 3.38. The lowest BCUT2D eigenvalue weighted by Gasteiger charge is -2.23. The van der Waals surface area contributed by atoms with Crippen LogP contribution in [0.25, 0.3) is 10.2 Å². The molecule has 1 aromatic carbocycles. The molecule has 0 unspecified atom stereocenters. The summed E-state index contributed by atoms with van der Waals surface area (Å²) in [5.41, 5.74) is 4.32. The molecule has 0 atom stereocenters. The van der Waals surface area contributed by atoms with E-state index >= 15 is 0 Å². The van der Waals surface area contributed by atoms with Gasteiger partial charge in [0.1, 0.15) is 4.83 Å². The van der Waals surface area contributed by atoms with Gasteiger partial charge in [-0.1, -0.05) is 43.8 Å². The van der Waals surface area contributed by atoms with Crippen molar-refractivity contribution in [3.05, 3.63) is 62.4 Å². The molecule has 0 saturated heterocycles. The quantitative estimate of drug-likeness (QED) is 0.333. The Morgan fingerprint density at radius 3 is 2.81 bits per heavy atom. The van der Waals surface area contributed by atoms with Crippen LogP contribution in [0.4, 0.5) is 5.69 Å². The lowest BCUT2D eigenvalue weighted by molar-refractivity contribution is -0.112. The van der Waals surface area contributed by atoms with E-state index in [0.29, 0.717) is 5.16 Å². The van der Waals surface area contributed by atoms with Crippen molar-refractivity contribution in [1.29, 1.82) is 0 Å². The smallest absolute Gasteiger partial charge is 0.262 e. The van der Waals surface area contributed by atoms with Crippen molar-refractivity contribution in [2.75, 3.05) is 17.7 Å². The van der Waals surface area contributed by atoms with Crippen LogP contribution in [-0.2, 0) is 30.1 Å². The van der Waals surface area contributed by atoms with E-state index in [1.54, 1.807) is 29.0 Å². The largest absolute Gasteiger partial charge is 0.347 e. The Labute approximate surface area is 189 Å². The van der Waals surface area contributed by atoms with Crippen molar-refractivity contribution in [2.24, 2.45) is 7.05 Å². The first kappa shape index (κ1) is 20.5. The number of aromatic nitrogens is 2. The van der Waals surface area contributed by atoms with Gasteiger partial charge in [-0.25, -0.2) is 4.98 Å². The van der Waals surface area contributed by atoms with Crippen molar-refractivity contribution >= 4 is 44.8 Å². The molecule has 31 heavy (non-hydrogen) atoms. The molecular formula is C24H25N3O2S2. The number of nitrogens with zero attached hydrogens (tertiary/aromatic N) is 3. The fraction of sp³-hybridized carbons (Fsp3) is 0.375. The molecule has 0 radical (unpaired) electrons. The number of likely N-dealkylation sites (N-methyl/N-ethyl adjacent to an activating group) is 1. The average molecular weight is 452 g/mol. The molecule has 5 rings (SSSR count). The fourth-order valence-corrected chi connectivity index (χ4v) is 6.92. The first-order chi connectivity index (χ1) is 14.8. The van der Waals surface area contributed by atoms with Crippen LogP contribution < -0.4 is 10.5 Å². The minimum Gasteiger partial charge on any atom is -0.347 e. The van der Waals surface area contributed by atoms with Crippen molar-refractivity contribution < 1.29 is 4.79 Å². The Morgan fingerprint density at radius 1 is 1.26 bits per heavy atom. The van der Waals surface area contributed by atoms with Gasteiger partial charge in [0.2, 0.25) is 0 Å². The number of benzene rings is 1. The predicted octanol–water partition coefficient (Wildman–Crippen LogP) is 4.46. The Balaban J connectivity index is 1.40. The van der Waals surface area contributed by atoms with Gasteiger partial charge in [-0.2, -0.15) is 0 Å². The highest BCUT2D eigenvalue weighted by atomic mass is 32.2. The molecule has 5 nitrogen and oxygen atoms in total. The number of allylic oxidation sites excluding steroid dienone is 2. The second kappa shape index (κ2) is 7.35. The minimum absolute atomic E-state index is 0.00446. The van der Waals surface area contributed by atoms with Gasteiger partial charge in [0.05, 0.1) is 11.1 Å². The van der Waals surface area contributed by atoms with E-state index in [0.717, 1.165) is 40.9 Å². The summed E-state index contributed by atoms with van der Waals surface area (Å²) >= 11 is 2.97. The maximum Gasteiger partial charge on any atom is 0.262 e. The zero-order valence-corrected chi connectivity index (χ0v) is 19.8. The van der Waals surface area contributed by atoms with E-state index < -0.39 is 0 Å². The molecule has 1 aliphatic heterocycles. The number of para-hydroxylation sites is 1. The van der Waals surface area contributed by atoms with E-state index in [4.69, 9.17) is 4.98 Å². The van der Waals surface area contributed by atoms with Crippen molar-refractivity contribution in [2.45, 2.75) is 43.7 Å². The molecular weight excluding hydrogens is 426 g/mol. The Bertz CT molecular complexity index is 1320. The van der Waals surface area contributed by atoms with Gasteiger partial charge in [-0.3, -0.25) is 14.2 Å². The second-order valence-corrected chi connectivity index (χ2v) is 10.8. The summed E-state index contributed by atoms with van der Waals surface area (Å²) in [7, 11) is 3.76. The molecule has 160 valence electrons. The number of carbonyl (C=O) groups excluding carboxylic acids is 1. The molecule has 0 spiro atoms. The monoisotopic (exact) mass is 451 g/mol. The highest BCUT2D eigenvalue weighted by Gasteiger charge is 2.38. The summed E-state index contributed by atoms with van der Waals surface area (Å²) in [5.74, 6) is 0.274. The van der Waals surface area contributed by atoms with Crippen LogP contribution in [0.1, 0.15) is 36.3 Å². The highest BCUT2D eigenvalue weighted by Crippen LogP contribution is 2.46. The Hall–Kier alpha value is -2.38. The van der Waals surface area contributed by atoms with Crippen LogP contribution in [-0.4, -0.2) is 28.1 Å². The standard InChI is InChI=1S/C24H25N3O2S2/c1-24(2)16-9-5-6-10-17(16)26(3)19(24)12-14(28)13-30-23-25-21-20(22(29)27(23)4)15-8-7-11-18(15)31-21/h5-6,9-10,12H,7-8,11,13H2,1-4H3/b19-12-. The molecule has 1 aliphatic carbocycles. The number of rotatable bonds is 4. The molecule has 2 aromatic heterocycles. The van der Waals surface area contributed by atoms with Crippen molar-refractivity contribution in [1.82, 2.24) is 9.55 Å². The summed E-state index contributed by atoms with van der Waals surface area (Å²) in [5, 5.41) is 1.39. The molecule has 3 heterocycles. The topological polar surface area (TPSA) is 55.2 Å². The number of anilines is 1. The molecule has 0 N–H and O–H groups in total. The summed E-state index contributed by atoms with van der Waals surface area (Å²) < 4.78 is 1.60. The second-order valence-electron chi connectivity index (χ2n) is 8.78. The van der Waals surface area contributed by atoms with Crippen molar-refractivity contribution in [3.63, 3.8) is 0 Å². The third kappa shape index (κ3) is 3.17. The van der Waals surface area contributed by atoms with Crippen LogP contribution in [0.3, 0.4) is 0 Å². The lowest BCUT2D eigenvalue weighted by atomic mass is 9.83. The number of carbonyl (C=O) groups is 1. The Kier molecular flexibility index (Phi) is 4.86. The van der Waals surface area contributed by atoms with Crippen LogP contribution >= 0.6 is 23.1 Å². The van der Waals surface area contributed by atoms with E-state index in [1.165, 1.54) is 27.8 Å². The van der Waals surface area contributed by atoms with Crippen molar-refractivity contribution in [3.8, 4) is 0 Å². The normalized spacial score (nSPS) is 18.1. The van der Waals surface area contributed by atoms with Crippen LogP contribution in [0, 0.1) is 0 Å². The zero-order chi connectivity index (χ0) is 21.9. The zero-order valence-electron chi connectivity index (χ0n) is 18.2. The highest BCUT2D eigenvalue weighted by molar-refractivity contribution is 7.99. The SMILES string of the molecule is CN1/C(=C\C(=O)CSc2nc3sc4c(c3c(=O)n2C)CCC4)C(C)(C)c2ccccc21. The van der Waals surface area contributed by atoms with Gasteiger partial charge in [0.25, 0.3) is 5.56 Å². The van der Waals surface area contributed by atoms with Gasteiger partial charge >= 0.3 is 0 Å². The molecule has 2 aliphatic rings. The van der Waals surface area contributed by atoms with Gasteiger partial charge < -0.3 is 4.90 Å². The number of hydrogen-bond acceptors (Lipinski definition) is 6. The number of fused-ring (bicyclic) bond motifs is 4. The molecule has 3 aromatic rings. The molecule has 0 fully saturated rings. The van der Waals surface area contributed by atoms with Gasteiger partial charge in [0.15, 0.2) is 10.9 Å². The number of ketones is 1. The fourth-order valence-electron chi connectivity index (χ4n) is 4.82. The van der Waals surface area contributed by atoms with E-state index in [-0.39, 0.29) is 22.5 Å². The van der Waals surface area contributed by atoms with Crippen LogP contribution in [0.15, 0.2) is 46.0 Å². The Morgan fingerprint density at radius 2 is 2.03 bits per heavy atom. The predicted molar refractivity (Wildman–Crippen MR) is 129 cm³/mol. The maximum absolute atomic E-state index is 13.0. The molecule has 7 heteroatoms. The summed E-state index contributed by atoms with van der Waals surface area (Å²) in [6.07, 6.45) is 4.88. The minimum atomic E-state index is -0.229. The van der Waals surface area contributed by atoms with Crippen LogP contribution in [0.5, 0.6) is 0 Å². The lowest BCUT2D eigenvalue weighted by Crippen LogP contribution is -2.24. The molecule has 0 amide bonds. The summed E-state index contributed by atoms with van der Waals surface area (Å²) in [6, 6.07) is 8.27. The van der Waals surface area contributed by atoms with Gasteiger partial charge in [-0.05, 0) is 36.5 Å². The number of thiophene rings is 1. The first-order valence-corrected chi connectivity index (χ1v) is 12.3.